The molecule has 2 rings (SSSR count). The zero-order chi connectivity index (χ0) is 20.9. The number of Topliss-reactive ketones (excluding diaryl/α,β-unsaturated/α-hetero) is 1. The maximum atomic E-state index is 12.1. The molecule has 156 valence electrons. The van der Waals surface area contributed by atoms with Crippen molar-refractivity contribution in [2.75, 3.05) is 6.61 Å². The highest BCUT2D eigenvalue weighted by molar-refractivity contribution is 7.80. The van der Waals surface area contributed by atoms with E-state index in [1.165, 1.54) is 0 Å². The predicted molar refractivity (Wildman–Crippen MR) is 125 cm³/mol. The van der Waals surface area contributed by atoms with E-state index in [1.807, 2.05) is 60.7 Å². The minimum atomic E-state index is -0.218. The van der Waals surface area contributed by atoms with Gasteiger partial charge in [-0.05, 0) is 24.0 Å². The lowest BCUT2D eigenvalue weighted by Crippen LogP contribution is -2.08. The maximum absolute atomic E-state index is 12.1. The van der Waals surface area contributed by atoms with Crippen LogP contribution in [0.5, 0.6) is 0 Å². The quantitative estimate of drug-likeness (QED) is 0.227. The van der Waals surface area contributed by atoms with E-state index < -0.39 is 0 Å². The molecule has 0 fully saturated rings. The first-order valence-electron chi connectivity index (χ1n) is 10.2. The summed E-state index contributed by atoms with van der Waals surface area (Å²) in [5.74, 6) is 0.0331. The van der Waals surface area contributed by atoms with Crippen molar-refractivity contribution in [3.05, 3.63) is 71.8 Å². The minimum Gasteiger partial charge on any atom is -0.466 e. The molecule has 0 aliphatic rings. The van der Waals surface area contributed by atoms with Crippen LogP contribution in [0.15, 0.2) is 60.7 Å². The number of carbonyl (C=O) groups excluding carboxylic acids is 2. The Bertz CT molecular complexity index is 671. The normalized spacial score (nSPS) is 12.9. The predicted octanol–water partition coefficient (Wildman–Crippen LogP) is 6.17. The summed E-state index contributed by atoms with van der Waals surface area (Å²) in [5, 5.41) is -0.170. The largest absolute Gasteiger partial charge is 0.466 e. The van der Waals surface area contributed by atoms with Crippen LogP contribution in [0, 0.1) is 0 Å². The number of rotatable bonds is 13. The number of unbranched alkanes of at least 4 members (excludes halogenated alkanes) is 3. The van der Waals surface area contributed by atoms with Crippen LogP contribution < -0.4 is 0 Å². The molecule has 2 atom stereocenters. The standard InChI is InChI=1S/C24H30O3S2/c25-21(17-22(28)19-11-5-3-6-12-19)15-9-1-2-10-16-27-24(26)18-23(29)20-13-7-4-8-14-20/h3-8,11-14,22-23,28-29H,1-2,9-10,15-18H2. The fraction of sp³-hybridized carbons (Fsp3) is 0.417. The summed E-state index contributed by atoms with van der Waals surface area (Å²) in [6, 6.07) is 19.6. The molecule has 2 aromatic carbocycles. The van der Waals surface area contributed by atoms with Crippen LogP contribution in [0.3, 0.4) is 0 Å². The van der Waals surface area contributed by atoms with Gasteiger partial charge in [-0.25, -0.2) is 0 Å². The van der Waals surface area contributed by atoms with E-state index in [9.17, 15) is 9.59 Å². The van der Waals surface area contributed by atoms with Gasteiger partial charge in [0.05, 0.1) is 13.0 Å². The lowest BCUT2D eigenvalue weighted by atomic mass is 10.0. The van der Waals surface area contributed by atoms with Crippen LogP contribution in [-0.4, -0.2) is 18.4 Å². The van der Waals surface area contributed by atoms with Gasteiger partial charge in [-0.2, -0.15) is 25.3 Å². The molecule has 0 bridgehead atoms. The van der Waals surface area contributed by atoms with E-state index in [0.717, 1.165) is 36.8 Å². The molecule has 0 amide bonds. The molecule has 0 heterocycles. The van der Waals surface area contributed by atoms with Gasteiger partial charge in [0.1, 0.15) is 5.78 Å². The summed E-state index contributed by atoms with van der Waals surface area (Å²) in [5.41, 5.74) is 2.11. The molecule has 5 heteroatoms. The van der Waals surface area contributed by atoms with E-state index in [4.69, 9.17) is 4.74 Å². The van der Waals surface area contributed by atoms with Crippen molar-refractivity contribution in [1.29, 1.82) is 0 Å². The monoisotopic (exact) mass is 430 g/mol. The number of hydrogen-bond donors (Lipinski definition) is 2. The van der Waals surface area contributed by atoms with Gasteiger partial charge in [0, 0.05) is 23.3 Å². The molecule has 0 saturated heterocycles. The van der Waals surface area contributed by atoms with Gasteiger partial charge < -0.3 is 4.74 Å². The Labute approximate surface area is 185 Å². The maximum Gasteiger partial charge on any atom is 0.307 e. The zero-order valence-electron chi connectivity index (χ0n) is 16.7. The summed E-state index contributed by atoms with van der Waals surface area (Å²) < 4.78 is 5.30. The SMILES string of the molecule is O=C(CCCCCCOC(=O)CC(S)c1ccccc1)CC(S)c1ccccc1. The van der Waals surface area contributed by atoms with Crippen molar-refractivity contribution in [3.8, 4) is 0 Å². The first-order valence-corrected chi connectivity index (χ1v) is 11.2. The van der Waals surface area contributed by atoms with Gasteiger partial charge in [0.25, 0.3) is 0 Å². The second kappa shape index (κ2) is 13.5. The first kappa shape index (κ1) is 23.6. The Kier molecular flexibility index (Phi) is 11.0. The second-order valence-electron chi connectivity index (χ2n) is 7.18. The van der Waals surface area contributed by atoms with Crippen LogP contribution in [0.25, 0.3) is 0 Å². The van der Waals surface area contributed by atoms with Crippen LogP contribution in [0.4, 0.5) is 0 Å². The van der Waals surface area contributed by atoms with Gasteiger partial charge in [0.2, 0.25) is 0 Å². The van der Waals surface area contributed by atoms with E-state index in [2.05, 4.69) is 25.3 Å². The number of benzene rings is 2. The Morgan fingerprint density at radius 1 is 0.724 bits per heavy atom. The summed E-state index contributed by atoms with van der Waals surface area (Å²) >= 11 is 9.02. The average molecular weight is 431 g/mol. The third-order valence-corrected chi connectivity index (χ3v) is 5.72. The van der Waals surface area contributed by atoms with Gasteiger partial charge in [0.15, 0.2) is 0 Å². The fourth-order valence-electron chi connectivity index (χ4n) is 3.08. The molecule has 3 nitrogen and oxygen atoms in total. The Morgan fingerprint density at radius 2 is 1.24 bits per heavy atom. The summed E-state index contributed by atoms with van der Waals surface area (Å²) in [6.07, 6.45) is 4.93. The van der Waals surface area contributed by atoms with Gasteiger partial charge in [-0.15, -0.1) is 0 Å². The van der Waals surface area contributed by atoms with Crippen molar-refractivity contribution < 1.29 is 14.3 Å². The second-order valence-corrected chi connectivity index (χ2v) is 8.43. The Morgan fingerprint density at radius 3 is 1.83 bits per heavy atom. The van der Waals surface area contributed by atoms with Crippen LogP contribution in [0.1, 0.15) is 66.6 Å². The van der Waals surface area contributed by atoms with E-state index >= 15 is 0 Å². The average Bonchev–Trinajstić information content (AvgIpc) is 2.74. The van der Waals surface area contributed by atoms with Crippen molar-refractivity contribution in [3.63, 3.8) is 0 Å². The molecule has 2 unspecified atom stereocenters. The van der Waals surface area contributed by atoms with Crippen molar-refractivity contribution in [2.45, 2.75) is 55.4 Å². The molecule has 0 aromatic heterocycles. The number of ketones is 1. The van der Waals surface area contributed by atoms with Gasteiger partial charge in [-0.1, -0.05) is 73.5 Å². The lowest BCUT2D eigenvalue weighted by molar-refractivity contribution is -0.143. The minimum absolute atomic E-state index is 0.0327. The number of hydrogen-bond acceptors (Lipinski definition) is 5. The topological polar surface area (TPSA) is 43.4 Å². The summed E-state index contributed by atoms with van der Waals surface area (Å²) in [6.45, 7) is 0.425. The highest BCUT2D eigenvalue weighted by atomic mass is 32.1. The molecule has 0 N–H and O–H groups in total. The van der Waals surface area contributed by atoms with Crippen LogP contribution in [0.2, 0.25) is 0 Å². The van der Waals surface area contributed by atoms with E-state index in [1.54, 1.807) is 0 Å². The number of ether oxygens (including phenoxy) is 1. The third kappa shape index (κ3) is 9.55. The van der Waals surface area contributed by atoms with Crippen molar-refractivity contribution >= 4 is 37.0 Å². The number of esters is 1. The summed E-state index contributed by atoms with van der Waals surface area (Å²) in [4.78, 5) is 24.0. The highest BCUT2D eigenvalue weighted by Crippen LogP contribution is 2.25. The molecule has 29 heavy (non-hydrogen) atoms. The zero-order valence-corrected chi connectivity index (χ0v) is 18.5. The van der Waals surface area contributed by atoms with Crippen molar-refractivity contribution in [1.82, 2.24) is 0 Å². The van der Waals surface area contributed by atoms with Crippen LogP contribution in [-0.2, 0) is 14.3 Å². The van der Waals surface area contributed by atoms with Gasteiger partial charge >= 0.3 is 5.97 Å². The lowest BCUT2D eigenvalue weighted by Gasteiger charge is -2.11. The molecule has 0 saturated carbocycles. The number of thiol groups is 2. The molecule has 0 spiro atoms. The first-order chi connectivity index (χ1) is 14.1. The molecular formula is C24H30O3S2. The van der Waals surface area contributed by atoms with E-state index in [0.29, 0.717) is 19.4 Å². The molecule has 0 aliphatic carbocycles. The highest BCUT2D eigenvalue weighted by Gasteiger charge is 2.13. The molecular weight excluding hydrogens is 400 g/mol. The van der Waals surface area contributed by atoms with Gasteiger partial charge in [-0.3, -0.25) is 9.59 Å². The van der Waals surface area contributed by atoms with Crippen LogP contribution >= 0.6 is 25.3 Å². The Hall–Kier alpha value is -1.72. The van der Waals surface area contributed by atoms with Crippen molar-refractivity contribution in [2.24, 2.45) is 0 Å². The molecule has 0 aliphatic heterocycles. The smallest absolute Gasteiger partial charge is 0.307 e. The van der Waals surface area contributed by atoms with E-state index in [-0.39, 0.29) is 28.7 Å². The fourth-order valence-corrected chi connectivity index (χ4v) is 3.78. The number of carbonyl (C=O) groups is 2. The molecule has 0 radical (unpaired) electrons. The molecule has 2 aromatic rings. The summed E-state index contributed by atoms with van der Waals surface area (Å²) in [7, 11) is 0. The Balaban J connectivity index is 1.49. The third-order valence-electron chi connectivity index (χ3n) is 4.76.